The van der Waals surface area contributed by atoms with Crippen LogP contribution in [0.2, 0.25) is 5.02 Å². The Hall–Kier alpha value is -2.14. The lowest BCUT2D eigenvalue weighted by atomic mass is 9.94. The molecule has 2 atom stereocenters. The van der Waals surface area contributed by atoms with E-state index in [-0.39, 0.29) is 12.3 Å². The Labute approximate surface area is 200 Å². The molecule has 1 heterocycles. The van der Waals surface area contributed by atoms with Crippen molar-refractivity contribution in [3.8, 4) is 6.07 Å². The fourth-order valence-electron chi connectivity index (χ4n) is 4.10. The number of nitriles is 1. The van der Waals surface area contributed by atoms with Gasteiger partial charge in [0.05, 0.1) is 12.5 Å². The number of rotatable bonds is 6. The number of anilines is 1. The average Bonchev–Trinajstić information content (AvgIpc) is 2.89. The molecule has 1 aliphatic heterocycles. The first kappa shape index (κ1) is 22.1. The molecule has 0 saturated heterocycles. The fraction of sp³-hybridized carbons (Fsp3) is 0.280. The quantitative estimate of drug-likeness (QED) is 0.204. The minimum absolute atomic E-state index is 0.00457. The van der Waals surface area contributed by atoms with Crippen molar-refractivity contribution in [3.63, 3.8) is 0 Å². The van der Waals surface area contributed by atoms with Gasteiger partial charge in [-0.15, -0.1) is 0 Å². The molecule has 0 N–H and O–H groups in total. The molecular weight excluding hydrogens is 523 g/mol. The SMILES string of the molecule is N#CC[C@H]1O[C@H](c2cccc3ccccc23)c2cc(Cl)ccc2N(CCCCI)C1=O. The number of benzene rings is 3. The fourth-order valence-corrected chi connectivity index (χ4v) is 4.82. The number of nitrogens with zero attached hydrogens (tertiary/aromatic N) is 2. The highest BCUT2D eigenvalue weighted by atomic mass is 127. The smallest absolute Gasteiger partial charge is 0.257 e. The molecule has 0 spiro atoms. The maximum atomic E-state index is 13.4. The molecule has 0 unspecified atom stereocenters. The molecule has 158 valence electrons. The van der Waals surface area contributed by atoms with Crippen LogP contribution in [0.1, 0.15) is 36.5 Å². The number of carbonyl (C=O) groups excluding carboxylic acids is 1. The summed E-state index contributed by atoms with van der Waals surface area (Å²) in [5.74, 6) is -0.165. The van der Waals surface area contributed by atoms with Crippen molar-refractivity contribution in [2.45, 2.75) is 31.5 Å². The van der Waals surface area contributed by atoms with Crippen molar-refractivity contribution in [1.82, 2.24) is 0 Å². The predicted molar refractivity (Wildman–Crippen MR) is 133 cm³/mol. The summed E-state index contributed by atoms with van der Waals surface area (Å²) >= 11 is 8.74. The average molecular weight is 545 g/mol. The molecule has 0 saturated carbocycles. The van der Waals surface area contributed by atoms with Crippen molar-refractivity contribution in [3.05, 3.63) is 76.8 Å². The number of fused-ring (bicyclic) bond motifs is 2. The van der Waals surface area contributed by atoms with Gasteiger partial charge in [0.2, 0.25) is 0 Å². The standard InChI is InChI=1S/C25H22ClIN2O2/c26-18-10-11-22-21(16-18)24(20-9-5-7-17-6-1-2-8-19(17)20)31-23(12-14-28)25(30)29(22)15-4-3-13-27/h1-2,5-11,16,23-24H,3-4,12-13,15H2/t23-,24-/m1/s1. The van der Waals surface area contributed by atoms with Gasteiger partial charge in [-0.1, -0.05) is 76.7 Å². The van der Waals surface area contributed by atoms with Crippen LogP contribution in [-0.2, 0) is 9.53 Å². The lowest BCUT2D eigenvalue weighted by Gasteiger charge is -2.24. The maximum Gasteiger partial charge on any atom is 0.257 e. The van der Waals surface area contributed by atoms with Gasteiger partial charge in [0.15, 0.2) is 6.10 Å². The molecule has 31 heavy (non-hydrogen) atoms. The molecule has 0 bridgehead atoms. The Bertz CT molecular complexity index is 1140. The normalized spacial score (nSPS) is 18.5. The van der Waals surface area contributed by atoms with E-state index in [2.05, 4.69) is 46.9 Å². The van der Waals surface area contributed by atoms with E-state index in [1.807, 2.05) is 42.5 Å². The maximum absolute atomic E-state index is 13.4. The van der Waals surface area contributed by atoms with E-state index in [0.717, 1.165) is 44.9 Å². The van der Waals surface area contributed by atoms with Gasteiger partial charge in [0, 0.05) is 22.8 Å². The van der Waals surface area contributed by atoms with Gasteiger partial charge in [-0.3, -0.25) is 4.79 Å². The van der Waals surface area contributed by atoms with Gasteiger partial charge in [-0.05, 0) is 51.8 Å². The predicted octanol–water partition coefficient (Wildman–Crippen LogP) is 6.44. The van der Waals surface area contributed by atoms with Crippen LogP contribution >= 0.6 is 34.2 Å². The first-order valence-electron chi connectivity index (χ1n) is 10.3. The van der Waals surface area contributed by atoms with Crippen LogP contribution < -0.4 is 4.90 Å². The Balaban J connectivity index is 1.89. The first-order chi connectivity index (χ1) is 15.1. The largest absolute Gasteiger partial charge is 0.355 e. The van der Waals surface area contributed by atoms with Crippen molar-refractivity contribution >= 4 is 56.6 Å². The summed E-state index contributed by atoms with van der Waals surface area (Å²) < 4.78 is 7.43. The van der Waals surface area contributed by atoms with E-state index in [1.54, 1.807) is 4.90 Å². The number of halogens is 2. The monoisotopic (exact) mass is 544 g/mol. The van der Waals surface area contributed by atoms with Gasteiger partial charge in [0.25, 0.3) is 5.91 Å². The second kappa shape index (κ2) is 9.99. The van der Waals surface area contributed by atoms with Gasteiger partial charge < -0.3 is 9.64 Å². The van der Waals surface area contributed by atoms with E-state index in [9.17, 15) is 10.1 Å². The molecule has 3 aromatic rings. The van der Waals surface area contributed by atoms with Crippen molar-refractivity contribution in [2.75, 3.05) is 15.9 Å². The van der Waals surface area contributed by atoms with Crippen LogP contribution in [0, 0.1) is 11.3 Å². The molecule has 1 amide bonds. The Morgan fingerprint density at radius 3 is 2.68 bits per heavy atom. The number of alkyl halides is 1. The second-order valence-corrected chi connectivity index (χ2v) is 9.04. The topological polar surface area (TPSA) is 53.3 Å². The molecule has 0 fully saturated rings. The van der Waals surface area contributed by atoms with E-state index in [4.69, 9.17) is 16.3 Å². The molecule has 3 aromatic carbocycles. The highest BCUT2D eigenvalue weighted by molar-refractivity contribution is 14.1. The summed E-state index contributed by atoms with van der Waals surface area (Å²) in [7, 11) is 0. The van der Waals surface area contributed by atoms with Crippen molar-refractivity contribution in [1.29, 1.82) is 5.26 Å². The number of ether oxygens (including phenoxy) is 1. The summed E-state index contributed by atoms with van der Waals surface area (Å²) in [6.45, 7) is 0.587. The molecule has 4 nitrogen and oxygen atoms in total. The molecule has 0 radical (unpaired) electrons. The third-order valence-electron chi connectivity index (χ3n) is 5.55. The number of unbranched alkanes of at least 4 members (excludes halogenated alkanes) is 1. The lowest BCUT2D eigenvalue weighted by molar-refractivity contribution is -0.131. The highest BCUT2D eigenvalue weighted by Gasteiger charge is 2.36. The van der Waals surface area contributed by atoms with E-state index in [0.29, 0.717) is 11.6 Å². The second-order valence-electron chi connectivity index (χ2n) is 7.52. The lowest BCUT2D eigenvalue weighted by Crippen LogP contribution is -2.39. The van der Waals surface area contributed by atoms with Gasteiger partial charge in [-0.2, -0.15) is 5.26 Å². The number of hydrogen-bond donors (Lipinski definition) is 0. The molecule has 6 heteroatoms. The van der Waals surface area contributed by atoms with Crippen LogP contribution in [0.25, 0.3) is 10.8 Å². The van der Waals surface area contributed by atoms with Crippen molar-refractivity contribution < 1.29 is 9.53 Å². The first-order valence-corrected chi connectivity index (χ1v) is 12.2. The van der Waals surface area contributed by atoms with Gasteiger partial charge >= 0.3 is 0 Å². The molecular formula is C25H22ClIN2O2. The number of hydrogen-bond acceptors (Lipinski definition) is 3. The molecule has 0 aromatic heterocycles. The summed E-state index contributed by atoms with van der Waals surface area (Å²) in [5.41, 5.74) is 2.62. The minimum Gasteiger partial charge on any atom is -0.355 e. The van der Waals surface area contributed by atoms with Gasteiger partial charge in [0.1, 0.15) is 6.10 Å². The molecule has 1 aliphatic rings. The Morgan fingerprint density at radius 2 is 1.87 bits per heavy atom. The van der Waals surface area contributed by atoms with Gasteiger partial charge in [-0.25, -0.2) is 0 Å². The number of amides is 1. The summed E-state index contributed by atoms with van der Waals surface area (Å²) in [6, 6.07) is 21.9. The van der Waals surface area contributed by atoms with Crippen LogP contribution in [0.4, 0.5) is 5.69 Å². The van der Waals surface area contributed by atoms with E-state index < -0.39 is 12.2 Å². The molecule has 0 aliphatic carbocycles. The minimum atomic E-state index is -0.834. The van der Waals surface area contributed by atoms with Crippen molar-refractivity contribution in [2.24, 2.45) is 0 Å². The van der Waals surface area contributed by atoms with E-state index in [1.165, 1.54) is 0 Å². The Morgan fingerprint density at radius 1 is 1.06 bits per heavy atom. The zero-order valence-electron chi connectivity index (χ0n) is 16.9. The van der Waals surface area contributed by atoms with E-state index >= 15 is 0 Å². The summed E-state index contributed by atoms with van der Waals surface area (Å²) in [4.78, 5) is 15.2. The zero-order valence-corrected chi connectivity index (χ0v) is 19.8. The highest BCUT2D eigenvalue weighted by Crippen LogP contribution is 2.42. The van der Waals surface area contributed by atoms with Crippen LogP contribution in [0.15, 0.2) is 60.7 Å². The Kier molecular flexibility index (Phi) is 7.11. The third-order valence-corrected chi connectivity index (χ3v) is 6.55. The molecule has 4 rings (SSSR count). The zero-order chi connectivity index (χ0) is 21.8. The summed E-state index contributed by atoms with van der Waals surface area (Å²) in [6.07, 6.45) is 0.569. The third kappa shape index (κ3) is 4.57. The van der Waals surface area contributed by atoms with Crippen LogP contribution in [-0.4, -0.2) is 23.0 Å². The number of carbonyl (C=O) groups is 1. The summed E-state index contributed by atoms with van der Waals surface area (Å²) in [5, 5.41) is 12.1. The van der Waals surface area contributed by atoms with Crippen LogP contribution in [0.5, 0.6) is 0 Å². The van der Waals surface area contributed by atoms with Crippen LogP contribution in [0.3, 0.4) is 0 Å².